The van der Waals surface area contributed by atoms with Crippen LogP contribution in [0.15, 0.2) is 34.8 Å². The number of para-hydroxylation sites is 1. The minimum Gasteiger partial charge on any atom is -0.496 e. The van der Waals surface area contributed by atoms with Crippen LogP contribution >= 0.6 is 27.3 Å². The first-order valence-corrected chi connectivity index (χ1v) is 6.88. The molecular weight excluding hydrogens is 298 g/mol. The quantitative estimate of drug-likeness (QED) is 0.933. The normalized spacial score (nSPS) is 12.5. The number of methoxy groups -OCH3 is 1. The Hall–Kier alpha value is -0.840. The summed E-state index contributed by atoms with van der Waals surface area (Å²) in [6.45, 7) is 2.08. The van der Waals surface area contributed by atoms with Gasteiger partial charge in [0.05, 0.1) is 13.2 Å². The van der Waals surface area contributed by atoms with E-state index in [9.17, 15) is 0 Å². The molecule has 0 radical (unpaired) electrons. The summed E-state index contributed by atoms with van der Waals surface area (Å²) in [5, 5.41) is 0. The molecule has 17 heavy (non-hydrogen) atoms. The van der Waals surface area contributed by atoms with E-state index >= 15 is 0 Å². The molecule has 2 rings (SSSR count). The Bertz CT molecular complexity index is 504. The van der Waals surface area contributed by atoms with Gasteiger partial charge in [-0.1, -0.05) is 18.2 Å². The number of thiophene rings is 1. The van der Waals surface area contributed by atoms with E-state index in [0.717, 1.165) is 20.7 Å². The number of ether oxygens (including phenoxy) is 1. The van der Waals surface area contributed by atoms with Crippen LogP contribution in [-0.2, 0) is 0 Å². The van der Waals surface area contributed by atoms with Crippen LogP contribution in [0.3, 0.4) is 0 Å². The summed E-state index contributed by atoms with van der Waals surface area (Å²) in [5.74, 6) is 0.835. The summed E-state index contributed by atoms with van der Waals surface area (Å²) in [5.41, 5.74) is 7.30. The number of benzene rings is 1. The third-order valence-corrected chi connectivity index (χ3v) is 4.88. The van der Waals surface area contributed by atoms with Gasteiger partial charge in [-0.05, 0) is 35.0 Å². The van der Waals surface area contributed by atoms with Crippen LogP contribution in [0.5, 0.6) is 5.75 Å². The summed E-state index contributed by atoms with van der Waals surface area (Å²) in [4.78, 5) is 2.38. The zero-order valence-electron chi connectivity index (χ0n) is 9.74. The first-order valence-electron chi connectivity index (χ1n) is 5.27. The Morgan fingerprint density at radius 2 is 2.06 bits per heavy atom. The van der Waals surface area contributed by atoms with Crippen molar-refractivity contribution in [3.05, 3.63) is 50.1 Å². The van der Waals surface area contributed by atoms with Gasteiger partial charge in [0.15, 0.2) is 0 Å². The highest BCUT2D eigenvalue weighted by molar-refractivity contribution is 9.10. The molecule has 0 bridgehead atoms. The number of nitrogens with two attached hydrogens (primary N) is 1. The Balaban J connectivity index is 2.39. The lowest BCUT2D eigenvalue weighted by atomic mass is 10.1. The standard InChI is InChI=1S/C13H14BrNOS/c1-8-10(14)7-12(17-8)13(15)9-5-3-4-6-11(9)16-2/h3-7,13H,15H2,1-2H3. The molecule has 1 heterocycles. The summed E-state index contributed by atoms with van der Waals surface area (Å²) in [7, 11) is 1.67. The molecule has 1 aromatic carbocycles. The zero-order chi connectivity index (χ0) is 12.4. The molecule has 0 aliphatic heterocycles. The third kappa shape index (κ3) is 2.54. The van der Waals surface area contributed by atoms with Gasteiger partial charge < -0.3 is 10.5 Å². The molecule has 0 amide bonds. The van der Waals surface area contributed by atoms with Crippen LogP contribution in [0.4, 0.5) is 0 Å². The number of hydrogen-bond acceptors (Lipinski definition) is 3. The molecule has 2 aromatic rings. The summed E-state index contributed by atoms with van der Waals surface area (Å²) >= 11 is 5.23. The van der Waals surface area contributed by atoms with Crippen molar-refractivity contribution in [3.8, 4) is 5.75 Å². The Morgan fingerprint density at radius 1 is 1.35 bits per heavy atom. The molecule has 0 aliphatic rings. The summed E-state index contributed by atoms with van der Waals surface area (Å²) in [6.07, 6.45) is 0. The van der Waals surface area contributed by atoms with Gasteiger partial charge in [-0.15, -0.1) is 11.3 Å². The lowest BCUT2D eigenvalue weighted by molar-refractivity contribution is 0.408. The van der Waals surface area contributed by atoms with E-state index in [4.69, 9.17) is 10.5 Å². The number of halogens is 1. The van der Waals surface area contributed by atoms with Gasteiger partial charge in [0.1, 0.15) is 5.75 Å². The van der Waals surface area contributed by atoms with Gasteiger partial charge >= 0.3 is 0 Å². The second-order valence-electron chi connectivity index (χ2n) is 3.77. The molecule has 0 spiro atoms. The Labute approximate surface area is 114 Å². The maximum absolute atomic E-state index is 6.28. The van der Waals surface area contributed by atoms with Gasteiger partial charge in [-0.25, -0.2) is 0 Å². The van der Waals surface area contributed by atoms with E-state index in [1.165, 1.54) is 4.88 Å². The van der Waals surface area contributed by atoms with Crippen LogP contribution < -0.4 is 10.5 Å². The predicted molar refractivity (Wildman–Crippen MR) is 75.8 cm³/mol. The molecule has 2 N–H and O–H groups in total. The van der Waals surface area contributed by atoms with Gasteiger partial charge in [-0.3, -0.25) is 0 Å². The van der Waals surface area contributed by atoms with E-state index in [2.05, 4.69) is 28.9 Å². The van der Waals surface area contributed by atoms with Gasteiger partial charge in [-0.2, -0.15) is 0 Å². The average molecular weight is 312 g/mol. The topological polar surface area (TPSA) is 35.2 Å². The SMILES string of the molecule is COc1ccccc1C(N)c1cc(Br)c(C)s1. The second-order valence-corrected chi connectivity index (χ2v) is 5.91. The Kier molecular flexibility index (Phi) is 3.86. The van der Waals surface area contributed by atoms with Crippen molar-refractivity contribution in [3.63, 3.8) is 0 Å². The molecule has 1 aromatic heterocycles. The van der Waals surface area contributed by atoms with Crippen molar-refractivity contribution in [1.29, 1.82) is 0 Å². The van der Waals surface area contributed by atoms with Crippen LogP contribution in [0, 0.1) is 6.92 Å². The monoisotopic (exact) mass is 311 g/mol. The minimum absolute atomic E-state index is 0.138. The van der Waals surface area contributed by atoms with Crippen LogP contribution in [-0.4, -0.2) is 7.11 Å². The predicted octanol–water partition coefficient (Wildman–Crippen LogP) is 3.88. The molecule has 90 valence electrons. The smallest absolute Gasteiger partial charge is 0.124 e. The van der Waals surface area contributed by atoms with E-state index < -0.39 is 0 Å². The summed E-state index contributed by atoms with van der Waals surface area (Å²) in [6, 6.07) is 9.81. The zero-order valence-corrected chi connectivity index (χ0v) is 12.1. The lowest BCUT2D eigenvalue weighted by Gasteiger charge is -2.13. The molecule has 4 heteroatoms. The number of rotatable bonds is 3. The molecule has 1 atom stereocenters. The van der Waals surface area contributed by atoms with Crippen molar-refractivity contribution >= 4 is 27.3 Å². The van der Waals surface area contributed by atoms with Gasteiger partial charge in [0.25, 0.3) is 0 Å². The van der Waals surface area contributed by atoms with E-state index in [1.54, 1.807) is 18.4 Å². The molecular formula is C13H14BrNOS. The first-order chi connectivity index (χ1) is 8.13. The minimum atomic E-state index is -0.138. The number of hydrogen-bond donors (Lipinski definition) is 1. The summed E-state index contributed by atoms with van der Waals surface area (Å²) < 4.78 is 6.45. The van der Waals surface area contributed by atoms with Crippen molar-refractivity contribution in [2.45, 2.75) is 13.0 Å². The molecule has 2 nitrogen and oxygen atoms in total. The van der Waals surface area contributed by atoms with Crippen molar-refractivity contribution in [1.82, 2.24) is 0 Å². The molecule has 0 saturated heterocycles. The maximum Gasteiger partial charge on any atom is 0.124 e. The maximum atomic E-state index is 6.28. The van der Waals surface area contributed by atoms with Gasteiger partial charge in [0.2, 0.25) is 0 Å². The average Bonchev–Trinajstić information content (AvgIpc) is 2.68. The van der Waals surface area contributed by atoms with Crippen molar-refractivity contribution in [2.24, 2.45) is 5.73 Å². The Morgan fingerprint density at radius 3 is 2.65 bits per heavy atom. The fourth-order valence-electron chi connectivity index (χ4n) is 1.71. The fourth-order valence-corrected chi connectivity index (χ4v) is 3.29. The van der Waals surface area contributed by atoms with Gasteiger partial charge in [0, 0.05) is 19.8 Å². The van der Waals surface area contributed by atoms with Crippen LogP contribution in [0.1, 0.15) is 21.4 Å². The van der Waals surface area contributed by atoms with E-state index in [1.807, 2.05) is 24.3 Å². The first kappa shape index (κ1) is 12.6. The van der Waals surface area contributed by atoms with E-state index in [0.29, 0.717) is 0 Å². The highest BCUT2D eigenvalue weighted by Crippen LogP contribution is 2.35. The van der Waals surface area contributed by atoms with Crippen LogP contribution in [0.2, 0.25) is 0 Å². The number of aryl methyl sites for hydroxylation is 1. The lowest BCUT2D eigenvalue weighted by Crippen LogP contribution is -2.11. The van der Waals surface area contributed by atoms with Crippen LogP contribution in [0.25, 0.3) is 0 Å². The van der Waals surface area contributed by atoms with Crippen molar-refractivity contribution in [2.75, 3.05) is 7.11 Å². The largest absolute Gasteiger partial charge is 0.496 e. The molecule has 0 aliphatic carbocycles. The van der Waals surface area contributed by atoms with Crippen molar-refractivity contribution < 1.29 is 4.74 Å². The molecule has 0 saturated carbocycles. The highest BCUT2D eigenvalue weighted by Gasteiger charge is 2.16. The second kappa shape index (κ2) is 5.21. The van der Waals surface area contributed by atoms with E-state index in [-0.39, 0.29) is 6.04 Å². The fraction of sp³-hybridized carbons (Fsp3) is 0.231. The molecule has 0 fully saturated rings. The third-order valence-electron chi connectivity index (χ3n) is 2.66. The molecule has 1 unspecified atom stereocenters. The highest BCUT2D eigenvalue weighted by atomic mass is 79.9.